The lowest BCUT2D eigenvalue weighted by molar-refractivity contribution is 0.0894. The molecule has 2 nitrogen and oxygen atoms in total. The number of aryl methyl sites for hydroxylation is 1. The first-order chi connectivity index (χ1) is 9.21. The van der Waals surface area contributed by atoms with Crippen LogP contribution in [0.5, 0.6) is 0 Å². The van der Waals surface area contributed by atoms with Crippen LogP contribution in [0.3, 0.4) is 0 Å². The minimum absolute atomic E-state index is 0.0759. The standard InChI is InChI=1S/C17H14O2/c1-11-6-8-12(9-7-11)16-17(19-16)10-13-4-2-3-5-14(13)15(17)18/h2-9,16H,10H2,1H3/t16-,17+/m0/s1. The molecule has 1 aliphatic heterocycles. The molecular weight excluding hydrogens is 236 g/mol. The van der Waals surface area contributed by atoms with E-state index in [0.29, 0.717) is 6.42 Å². The van der Waals surface area contributed by atoms with Gasteiger partial charge in [0.2, 0.25) is 0 Å². The van der Waals surface area contributed by atoms with E-state index in [1.807, 2.05) is 24.3 Å². The monoisotopic (exact) mass is 250 g/mol. The van der Waals surface area contributed by atoms with Crippen LogP contribution in [-0.2, 0) is 11.2 Å². The molecule has 1 fully saturated rings. The summed E-state index contributed by atoms with van der Waals surface area (Å²) in [5.41, 5.74) is 3.66. The third kappa shape index (κ3) is 1.44. The Hall–Kier alpha value is -1.93. The summed E-state index contributed by atoms with van der Waals surface area (Å²) in [4.78, 5) is 12.5. The molecule has 2 heteroatoms. The van der Waals surface area contributed by atoms with Crippen molar-refractivity contribution in [2.45, 2.75) is 25.0 Å². The number of carbonyl (C=O) groups excluding carboxylic acids is 1. The summed E-state index contributed by atoms with van der Waals surface area (Å²) in [6.07, 6.45) is 0.633. The molecule has 1 aliphatic carbocycles. The molecule has 0 unspecified atom stereocenters. The predicted octanol–water partition coefficient (Wildman–Crippen LogP) is 3.24. The third-order valence-electron chi connectivity index (χ3n) is 4.17. The van der Waals surface area contributed by atoms with Gasteiger partial charge in [0.1, 0.15) is 6.10 Å². The lowest BCUT2D eigenvalue weighted by Gasteiger charge is -2.01. The average molecular weight is 250 g/mol. The van der Waals surface area contributed by atoms with Crippen LogP contribution in [0.1, 0.15) is 33.2 Å². The van der Waals surface area contributed by atoms with Crippen molar-refractivity contribution in [3.63, 3.8) is 0 Å². The number of hydrogen-bond acceptors (Lipinski definition) is 2. The molecule has 1 saturated heterocycles. The van der Waals surface area contributed by atoms with Gasteiger partial charge in [0, 0.05) is 12.0 Å². The molecule has 0 amide bonds. The molecule has 2 aromatic carbocycles. The van der Waals surface area contributed by atoms with E-state index in [9.17, 15) is 4.79 Å². The zero-order chi connectivity index (χ0) is 13.0. The SMILES string of the molecule is Cc1ccc([C@@H]2O[C@@]23Cc2ccccc2C3=O)cc1. The molecule has 0 radical (unpaired) electrons. The Labute approximate surface area is 112 Å². The molecule has 0 aromatic heterocycles. The van der Waals surface area contributed by atoms with Gasteiger partial charge in [0.25, 0.3) is 0 Å². The molecule has 1 spiro atoms. The van der Waals surface area contributed by atoms with Crippen molar-refractivity contribution in [3.8, 4) is 0 Å². The number of Topliss-reactive ketones (excluding diaryl/α,β-unsaturated/α-hetero) is 1. The van der Waals surface area contributed by atoms with Crippen LogP contribution in [0.2, 0.25) is 0 Å². The van der Waals surface area contributed by atoms with Crippen LogP contribution >= 0.6 is 0 Å². The molecule has 19 heavy (non-hydrogen) atoms. The van der Waals surface area contributed by atoms with Crippen LogP contribution in [0.15, 0.2) is 48.5 Å². The van der Waals surface area contributed by atoms with Gasteiger partial charge in [-0.05, 0) is 18.1 Å². The molecule has 1 heterocycles. The maximum atomic E-state index is 12.5. The van der Waals surface area contributed by atoms with Gasteiger partial charge in [0.05, 0.1) is 0 Å². The van der Waals surface area contributed by atoms with Crippen molar-refractivity contribution in [1.29, 1.82) is 0 Å². The highest BCUT2D eigenvalue weighted by Gasteiger charge is 2.65. The molecule has 2 atom stereocenters. The van der Waals surface area contributed by atoms with E-state index in [-0.39, 0.29) is 11.9 Å². The highest BCUT2D eigenvalue weighted by Crippen LogP contribution is 2.56. The normalized spacial score (nSPS) is 27.6. The van der Waals surface area contributed by atoms with Crippen LogP contribution in [0, 0.1) is 6.92 Å². The first kappa shape index (κ1) is 10.9. The fourth-order valence-electron chi connectivity index (χ4n) is 3.05. The topological polar surface area (TPSA) is 29.6 Å². The van der Waals surface area contributed by atoms with Gasteiger partial charge in [-0.1, -0.05) is 54.1 Å². The summed E-state index contributed by atoms with van der Waals surface area (Å²) >= 11 is 0. The molecule has 0 N–H and O–H groups in total. The smallest absolute Gasteiger partial charge is 0.198 e. The average Bonchev–Trinajstić information content (AvgIpc) is 3.07. The molecular formula is C17H14O2. The Balaban J connectivity index is 1.70. The van der Waals surface area contributed by atoms with Gasteiger partial charge in [-0.3, -0.25) is 4.79 Å². The lowest BCUT2D eigenvalue weighted by atomic mass is 9.95. The van der Waals surface area contributed by atoms with E-state index >= 15 is 0 Å². The highest BCUT2D eigenvalue weighted by molar-refractivity contribution is 6.09. The fourth-order valence-corrected chi connectivity index (χ4v) is 3.05. The number of rotatable bonds is 1. The summed E-state index contributed by atoms with van der Waals surface area (Å²) in [5, 5.41) is 0. The number of ether oxygens (including phenoxy) is 1. The number of benzene rings is 2. The van der Waals surface area contributed by atoms with E-state index in [0.717, 1.165) is 16.7 Å². The number of carbonyl (C=O) groups is 1. The second-order valence-corrected chi connectivity index (χ2v) is 5.46. The zero-order valence-corrected chi connectivity index (χ0v) is 10.7. The number of ketones is 1. The Morgan fingerprint density at radius 3 is 2.58 bits per heavy atom. The van der Waals surface area contributed by atoms with Crippen molar-refractivity contribution in [2.24, 2.45) is 0 Å². The summed E-state index contributed by atoms with van der Waals surface area (Å²) < 4.78 is 5.84. The molecule has 2 aliphatic rings. The fraction of sp³-hybridized carbons (Fsp3) is 0.235. The Kier molecular flexibility index (Phi) is 2.04. The number of hydrogen-bond donors (Lipinski definition) is 0. The van der Waals surface area contributed by atoms with E-state index in [4.69, 9.17) is 4.74 Å². The molecule has 0 saturated carbocycles. The number of fused-ring (bicyclic) bond motifs is 1. The maximum Gasteiger partial charge on any atom is 0.198 e. The van der Waals surface area contributed by atoms with E-state index in [1.165, 1.54) is 5.56 Å². The summed E-state index contributed by atoms with van der Waals surface area (Å²) in [6.45, 7) is 2.06. The van der Waals surface area contributed by atoms with Crippen molar-refractivity contribution >= 4 is 5.78 Å². The van der Waals surface area contributed by atoms with Crippen molar-refractivity contribution in [3.05, 3.63) is 70.8 Å². The van der Waals surface area contributed by atoms with Crippen molar-refractivity contribution in [1.82, 2.24) is 0 Å². The minimum atomic E-state index is -0.612. The van der Waals surface area contributed by atoms with Gasteiger partial charge in [-0.25, -0.2) is 0 Å². The predicted molar refractivity (Wildman–Crippen MR) is 72.2 cm³/mol. The second kappa shape index (κ2) is 3.55. The molecule has 94 valence electrons. The lowest BCUT2D eigenvalue weighted by Crippen LogP contribution is -2.20. The van der Waals surface area contributed by atoms with Crippen molar-refractivity contribution in [2.75, 3.05) is 0 Å². The van der Waals surface area contributed by atoms with Gasteiger partial charge >= 0.3 is 0 Å². The first-order valence-corrected chi connectivity index (χ1v) is 6.58. The van der Waals surface area contributed by atoms with E-state index in [2.05, 4.69) is 31.2 Å². The van der Waals surface area contributed by atoms with E-state index < -0.39 is 5.60 Å². The van der Waals surface area contributed by atoms with Crippen LogP contribution in [0.25, 0.3) is 0 Å². The van der Waals surface area contributed by atoms with Crippen LogP contribution < -0.4 is 0 Å². The highest BCUT2D eigenvalue weighted by atomic mass is 16.6. The Morgan fingerprint density at radius 2 is 1.84 bits per heavy atom. The molecule has 2 aromatic rings. The molecule has 4 rings (SSSR count). The largest absolute Gasteiger partial charge is 0.352 e. The Morgan fingerprint density at radius 1 is 1.11 bits per heavy atom. The summed E-state index contributed by atoms with van der Waals surface area (Å²) in [7, 11) is 0. The minimum Gasteiger partial charge on any atom is -0.352 e. The summed E-state index contributed by atoms with van der Waals surface area (Å²) in [6, 6.07) is 16.1. The molecule has 0 bridgehead atoms. The summed E-state index contributed by atoms with van der Waals surface area (Å²) in [5.74, 6) is 0.147. The van der Waals surface area contributed by atoms with Gasteiger partial charge < -0.3 is 4.74 Å². The quantitative estimate of drug-likeness (QED) is 0.727. The van der Waals surface area contributed by atoms with Crippen molar-refractivity contribution < 1.29 is 9.53 Å². The van der Waals surface area contributed by atoms with Gasteiger partial charge in [-0.2, -0.15) is 0 Å². The van der Waals surface area contributed by atoms with Gasteiger partial charge in [-0.15, -0.1) is 0 Å². The van der Waals surface area contributed by atoms with Crippen LogP contribution in [0.4, 0.5) is 0 Å². The maximum absolute atomic E-state index is 12.5. The van der Waals surface area contributed by atoms with Gasteiger partial charge in [0.15, 0.2) is 11.4 Å². The second-order valence-electron chi connectivity index (χ2n) is 5.46. The zero-order valence-electron chi connectivity index (χ0n) is 10.7. The number of epoxide rings is 1. The Bertz CT molecular complexity index is 672. The van der Waals surface area contributed by atoms with E-state index in [1.54, 1.807) is 0 Å². The van der Waals surface area contributed by atoms with Crippen LogP contribution in [-0.4, -0.2) is 11.4 Å². The first-order valence-electron chi connectivity index (χ1n) is 6.58. The third-order valence-corrected chi connectivity index (χ3v) is 4.17.